The zero-order chi connectivity index (χ0) is 14.0. The topological polar surface area (TPSA) is 96.1 Å². The number of nitrogens with two attached hydrogens (primary N) is 2. The fourth-order valence-corrected chi connectivity index (χ4v) is 2.58. The van der Waals surface area contributed by atoms with Crippen LogP contribution in [0.1, 0.15) is 25.3 Å². The van der Waals surface area contributed by atoms with Crippen molar-refractivity contribution in [3.8, 4) is 6.07 Å². The van der Waals surface area contributed by atoms with Gasteiger partial charge in [0.15, 0.2) is 0 Å². The van der Waals surface area contributed by atoms with E-state index in [0.717, 1.165) is 18.5 Å². The molecule has 1 amide bonds. The second kappa shape index (κ2) is 5.19. The van der Waals surface area contributed by atoms with Gasteiger partial charge in [-0.25, -0.2) is 0 Å². The van der Waals surface area contributed by atoms with E-state index in [9.17, 15) is 4.79 Å². The molecule has 100 valence electrons. The highest BCUT2D eigenvalue weighted by atomic mass is 16.1. The van der Waals surface area contributed by atoms with Crippen molar-refractivity contribution in [1.29, 1.82) is 5.26 Å². The molecule has 1 saturated heterocycles. The van der Waals surface area contributed by atoms with Gasteiger partial charge in [0, 0.05) is 12.6 Å². The molecule has 1 aromatic carbocycles. The monoisotopic (exact) mass is 258 g/mol. The minimum Gasteiger partial charge on any atom is -0.396 e. The quantitative estimate of drug-likeness (QED) is 0.780. The summed E-state index contributed by atoms with van der Waals surface area (Å²) in [5.41, 5.74) is 13.2. The molecule has 0 aromatic heterocycles. The molecule has 1 heterocycles. The average Bonchev–Trinajstić information content (AvgIpc) is 2.39. The molecule has 2 rings (SSSR count). The van der Waals surface area contributed by atoms with Crippen molar-refractivity contribution >= 4 is 17.3 Å². The lowest BCUT2D eigenvalue weighted by Gasteiger charge is -2.39. The molecule has 4 N–H and O–H groups in total. The number of carbonyl (C=O) groups excluding carboxylic acids is 1. The highest BCUT2D eigenvalue weighted by Gasteiger charge is 2.29. The molecule has 5 heteroatoms. The summed E-state index contributed by atoms with van der Waals surface area (Å²) in [6.45, 7) is 2.66. The van der Waals surface area contributed by atoms with Crippen molar-refractivity contribution in [1.82, 2.24) is 0 Å². The largest absolute Gasteiger partial charge is 0.396 e. The maximum Gasteiger partial charge on any atom is 0.222 e. The third-order valence-corrected chi connectivity index (χ3v) is 3.80. The predicted molar refractivity (Wildman–Crippen MR) is 74.3 cm³/mol. The molecule has 0 aliphatic carbocycles. The molecule has 0 radical (unpaired) electrons. The lowest BCUT2D eigenvalue weighted by molar-refractivity contribution is -0.122. The van der Waals surface area contributed by atoms with Crippen LogP contribution in [-0.2, 0) is 4.79 Å². The highest BCUT2D eigenvalue weighted by molar-refractivity contribution is 5.79. The number of amides is 1. The van der Waals surface area contributed by atoms with Gasteiger partial charge in [-0.1, -0.05) is 6.07 Å². The van der Waals surface area contributed by atoms with Crippen LogP contribution < -0.4 is 16.4 Å². The third-order valence-electron chi connectivity index (χ3n) is 3.80. The highest BCUT2D eigenvalue weighted by Crippen LogP contribution is 2.33. The number of carbonyl (C=O) groups is 1. The Kier molecular flexibility index (Phi) is 3.61. The van der Waals surface area contributed by atoms with Crippen molar-refractivity contribution in [3.63, 3.8) is 0 Å². The van der Waals surface area contributed by atoms with Gasteiger partial charge in [-0.2, -0.15) is 5.26 Å². The number of nitrogens with zero attached hydrogens (tertiary/aromatic N) is 2. The van der Waals surface area contributed by atoms with Crippen molar-refractivity contribution in [2.75, 3.05) is 17.2 Å². The molecule has 2 unspecified atom stereocenters. The van der Waals surface area contributed by atoms with Gasteiger partial charge in [-0.05, 0) is 31.9 Å². The first-order chi connectivity index (χ1) is 9.04. The van der Waals surface area contributed by atoms with E-state index < -0.39 is 0 Å². The van der Waals surface area contributed by atoms with E-state index in [2.05, 4.69) is 17.9 Å². The van der Waals surface area contributed by atoms with E-state index >= 15 is 0 Å². The zero-order valence-corrected chi connectivity index (χ0v) is 11.0. The van der Waals surface area contributed by atoms with Gasteiger partial charge in [-0.15, -0.1) is 0 Å². The number of nitrogen functional groups attached to an aromatic ring is 1. The number of rotatable bonds is 2. The van der Waals surface area contributed by atoms with Gasteiger partial charge in [0.05, 0.1) is 22.9 Å². The first-order valence-electron chi connectivity index (χ1n) is 6.39. The van der Waals surface area contributed by atoms with Crippen molar-refractivity contribution in [3.05, 3.63) is 23.8 Å². The Labute approximate surface area is 112 Å². The summed E-state index contributed by atoms with van der Waals surface area (Å²) < 4.78 is 0. The van der Waals surface area contributed by atoms with Gasteiger partial charge in [0.1, 0.15) is 6.07 Å². The van der Waals surface area contributed by atoms with Crippen LogP contribution >= 0.6 is 0 Å². The molecule has 1 aliphatic heterocycles. The molecule has 19 heavy (non-hydrogen) atoms. The Bertz CT molecular complexity index is 535. The summed E-state index contributed by atoms with van der Waals surface area (Å²) in [6.07, 6.45) is 1.70. The number of anilines is 2. The van der Waals surface area contributed by atoms with Gasteiger partial charge < -0.3 is 16.4 Å². The predicted octanol–water partition coefficient (Wildman–Crippen LogP) is 1.23. The number of benzene rings is 1. The molecule has 1 aromatic rings. The van der Waals surface area contributed by atoms with Gasteiger partial charge in [0.25, 0.3) is 0 Å². The SMILES string of the molecule is CC1CCC(C(N)=O)CN1c1cccc(C#N)c1N. The molecule has 1 fully saturated rings. The Morgan fingerprint density at radius 2 is 2.21 bits per heavy atom. The van der Waals surface area contributed by atoms with Crippen LogP contribution in [0.15, 0.2) is 18.2 Å². The summed E-state index contributed by atoms with van der Waals surface area (Å²) in [4.78, 5) is 13.4. The smallest absolute Gasteiger partial charge is 0.222 e. The van der Waals surface area contributed by atoms with Crippen molar-refractivity contribution in [2.45, 2.75) is 25.8 Å². The summed E-state index contributed by atoms with van der Waals surface area (Å²) in [5, 5.41) is 9.02. The molecule has 5 nitrogen and oxygen atoms in total. The fourth-order valence-electron chi connectivity index (χ4n) is 2.58. The van der Waals surface area contributed by atoms with Crippen LogP contribution in [0.3, 0.4) is 0 Å². The van der Waals surface area contributed by atoms with E-state index in [1.54, 1.807) is 6.07 Å². The molecule has 0 saturated carbocycles. The van der Waals surface area contributed by atoms with Crippen molar-refractivity contribution < 1.29 is 4.79 Å². The van der Waals surface area contributed by atoms with E-state index in [0.29, 0.717) is 17.8 Å². The molecular weight excluding hydrogens is 240 g/mol. The van der Waals surface area contributed by atoms with Gasteiger partial charge in [-0.3, -0.25) is 4.79 Å². The lowest BCUT2D eigenvalue weighted by Crippen LogP contribution is -2.46. The Morgan fingerprint density at radius 1 is 1.47 bits per heavy atom. The Hall–Kier alpha value is -2.22. The number of hydrogen-bond acceptors (Lipinski definition) is 4. The molecule has 0 bridgehead atoms. The molecule has 0 spiro atoms. The van der Waals surface area contributed by atoms with E-state index in [-0.39, 0.29) is 17.9 Å². The van der Waals surface area contributed by atoms with Crippen LogP contribution in [0, 0.1) is 17.2 Å². The minimum absolute atomic E-state index is 0.152. The second-order valence-corrected chi connectivity index (χ2v) is 5.03. The number of hydrogen-bond donors (Lipinski definition) is 2. The zero-order valence-electron chi connectivity index (χ0n) is 11.0. The maximum atomic E-state index is 11.4. The summed E-state index contributed by atoms with van der Waals surface area (Å²) in [6, 6.07) is 7.75. The number of piperidine rings is 1. The molecule has 2 atom stereocenters. The average molecular weight is 258 g/mol. The third kappa shape index (κ3) is 2.48. The summed E-state index contributed by atoms with van der Waals surface area (Å²) in [5.74, 6) is -0.423. The summed E-state index contributed by atoms with van der Waals surface area (Å²) >= 11 is 0. The van der Waals surface area contributed by atoms with Crippen LogP contribution in [0.2, 0.25) is 0 Å². The van der Waals surface area contributed by atoms with Crippen LogP contribution in [-0.4, -0.2) is 18.5 Å². The minimum atomic E-state index is -0.271. The number of nitriles is 1. The van der Waals surface area contributed by atoms with Crippen molar-refractivity contribution in [2.24, 2.45) is 11.7 Å². The standard InChI is InChI=1S/C14H18N4O/c1-9-5-6-11(14(17)19)8-18(9)12-4-2-3-10(7-15)13(12)16/h2-4,9,11H,5-6,8,16H2,1H3,(H2,17,19). The Morgan fingerprint density at radius 3 is 2.84 bits per heavy atom. The number of primary amides is 1. The lowest BCUT2D eigenvalue weighted by atomic mass is 9.92. The number of para-hydroxylation sites is 1. The van der Waals surface area contributed by atoms with Crippen LogP contribution in [0.5, 0.6) is 0 Å². The van der Waals surface area contributed by atoms with Crippen LogP contribution in [0.4, 0.5) is 11.4 Å². The molecule has 1 aliphatic rings. The Balaban J connectivity index is 2.34. The summed E-state index contributed by atoms with van der Waals surface area (Å²) in [7, 11) is 0. The van der Waals surface area contributed by atoms with Crippen LogP contribution in [0.25, 0.3) is 0 Å². The first kappa shape index (κ1) is 13.2. The maximum absolute atomic E-state index is 11.4. The second-order valence-electron chi connectivity index (χ2n) is 5.03. The van der Waals surface area contributed by atoms with E-state index in [1.165, 1.54) is 0 Å². The normalized spacial score (nSPS) is 22.8. The van der Waals surface area contributed by atoms with E-state index in [1.807, 2.05) is 12.1 Å². The van der Waals surface area contributed by atoms with E-state index in [4.69, 9.17) is 16.7 Å². The van der Waals surface area contributed by atoms with Gasteiger partial charge >= 0.3 is 0 Å². The first-order valence-corrected chi connectivity index (χ1v) is 6.39. The molecular formula is C14H18N4O. The van der Waals surface area contributed by atoms with Gasteiger partial charge in [0.2, 0.25) is 5.91 Å². The fraction of sp³-hybridized carbons (Fsp3) is 0.429.